The van der Waals surface area contributed by atoms with Gasteiger partial charge in [-0.25, -0.2) is 4.79 Å². The van der Waals surface area contributed by atoms with Gasteiger partial charge >= 0.3 is 5.97 Å². The Morgan fingerprint density at radius 1 is 1.06 bits per heavy atom. The van der Waals surface area contributed by atoms with E-state index in [1.165, 1.54) is 13.3 Å². The van der Waals surface area contributed by atoms with Gasteiger partial charge in [0, 0.05) is 13.1 Å². The summed E-state index contributed by atoms with van der Waals surface area (Å²) in [5, 5.41) is 12.4. The van der Waals surface area contributed by atoms with Gasteiger partial charge in [0.1, 0.15) is 5.54 Å². The summed E-state index contributed by atoms with van der Waals surface area (Å²) in [5.74, 6) is -1.43. The largest absolute Gasteiger partial charge is 0.449 e. The molecule has 7 heteroatoms. The minimum atomic E-state index is -1.08. The molecule has 1 N–H and O–H groups in total. The van der Waals surface area contributed by atoms with E-state index in [1.54, 1.807) is 36.2 Å². The zero-order valence-corrected chi connectivity index (χ0v) is 19.1. The molecule has 7 nitrogen and oxygen atoms in total. The SMILES string of the molecule is C[C@@H](OC(=O)c1ccccc1C(=O)N(C)C1CCCCC1)C(=O)NC1(C#N)CCCCC1. The van der Waals surface area contributed by atoms with E-state index < -0.39 is 23.5 Å². The highest BCUT2D eigenvalue weighted by Gasteiger charge is 2.36. The van der Waals surface area contributed by atoms with Crippen LogP contribution in [0, 0.1) is 11.3 Å². The number of rotatable bonds is 6. The zero-order chi connectivity index (χ0) is 23.1. The molecular formula is C25H33N3O4. The summed E-state index contributed by atoms with van der Waals surface area (Å²) >= 11 is 0. The average Bonchev–Trinajstić information content (AvgIpc) is 2.84. The Kier molecular flexibility index (Phi) is 7.89. The fraction of sp³-hybridized carbons (Fsp3) is 0.600. The lowest BCUT2D eigenvalue weighted by atomic mass is 9.83. The molecule has 2 amide bonds. The van der Waals surface area contributed by atoms with Crippen LogP contribution in [-0.2, 0) is 9.53 Å². The molecule has 0 aliphatic heterocycles. The monoisotopic (exact) mass is 439 g/mol. The number of nitriles is 1. The third-order valence-electron chi connectivity index (χ3n) is 6.76. The van der Waals surface area contributed by atoms with Crippen molar-refractivity contribution in [3.8, 4) is 6.07 Å². The summed E-state index contributed by atoms with van der Waals surface area (Å²) < 4.78 is 5.41. The molecule has 1 atom stereocenters. The molecule has 0 unspecified atom stereocenters. The Bertz CT molecular complexity index is 879. The first-order valence-electron chi connectivity index (χ1n) is 11.7. The molecule has 172 valence electrons. The molecule has 1 aromatic carbocycles. The van der Waals surface area contributed by atoms with Gasteiger partial charge in [0.25, 0.3) is 11.8 Å². The smallest absolute Gasteiger partial charge is 0.339 e. The minimum absolute atomic E-state index is 0.146. The number of amides is 2. The van der Waals surface area contributed by atoms with Gasteiger partial charge in [-0.05, 0) is 44.7 Å². The summed E-state index contributed by atoms with van der Waals surface area (Å²) in [4.78, 5) is 40.4. The topological polar surface area (TPSA) is 99.5 Å². The van der Waals surface area contributed by atoms with Crippen molar-refractivity contribution < 1.29 is 19.1 Å². The highest BCUT2D eigenvalue weighted by Crippen LogP contribution is 2.28. The van der Waals surface area contributed by atoms with Crippen LogP contribution in [0.4, 0.5) is 0 Å². The molecule has 2 aliphatic carbocycles. The van der Waals surface area contributed by atoms with Gasteiger partial charge in [-0.2, -0.15) is 5.26 Å². The van der Waals surface area contributed by atoms with Gasteiger partial charge in [0.2, 0.25) is 0 Å². The second-order valence-electron chi connectivity index (χ2n) is 9.04. The number of nitrogens with one attached hydrogen (secondary N) is 1. The normalized spacial score (nSPS) is 19.3. The van der Waals surface area contributed by atoms with Crippen molar-refractivity contribution in [3.05, 3.63) is 35.4 Å². The molecule has 32 heavy (non-hydrogen) atoms. The molecular weight excluding hydrogens is 406 g/mol. The Morgan fingerprint density at radius 2 is 1.66 bits per heavy atom. The van der Waals surface area contributed by atoms with Crippen LogP contribution in [0.2, 0.25) is 0 Å². The summed E-state index contributed by atoms with van der Waals surface area (Å²) in [7, 11) is 1.78. The molecule has 0 spiro atoms. The van der Waals surface area contributed by atoms with Crippen molar-refractivity contribution in [3.63, 3.8) is 0 Å². The standard InChI is InChI=1S/C25H33N3O4/c1-18(22(29)27-25(17-26)15-9-4-10-16-25)32-24(31)21-14-8-7-13-20(21)23(30)28(2)19-11-5-3-6-12-19/h7-8,13-14,18-19H,3-6,9-12,15-16H2,1-2H3,(H,27,29)/t18-/m1/s1. The number of hydrogen-bond donors (Lipinski definition) is 1. The first kappa shape index (κ1) is 23.8. The highest BCUT2D eigenvalue weighted by molar-refractivity contribution is 6.05. The molecule has 2 aliphatic rings. The molecule has 3 rings (SSSR count). The van der Waals surface area contributed by atoms with Crippen LogP contribution in [0.25, 0.3) is 0 Å². The van der Waals surface area contributed by atoms with Gasteiger partial charge in [-0.15, -0.1) is 0 Å². The third-order valence-corrected chi connectivity index (χ3v) is 6.76. The van der Waals surface area contributed by atoms with Crippen molar-refractivity contribution >= 4 is 17.8 Å². The van der Waals surface area contributed by atoms with E-state index in [9.17, 15) is 19.6 Å². The number of esters is 1. The summed E-state index contributed by atoms with van der Waals surface area (Å²) in [5.41, 5.74) is -0.474. The van der Waals surface area contributed by atoms with Gasteiger partial charge in [0.05, 0.1) is 17.2 Å². The quantitative estimate of drug-likeness (QED) is 0.676. The van der Waals surface area contributed by atoms with E-state index >= 15 is 0 Å². The molecule has 1 aromatic rings. The molecule has 0 saturated heterocycles. The predicted molar refractivity (Wildman–Crippen MR) is 120 cm³/mol. The molecule has 0 radical (unpaired) electrons. The van der Waals surface area contributed by atoms with Crippen LogP contribution in [0.5, 0.6) is 0 Å². The van der Waals surface area contributed by atoms with Gasteiger partial charge in [-0.3, -0.25) is 9.59 Å². The fourth-order valence-corrected chi connectivity index (χ4v) is 4.71. The Labute approximate surface area is 190 Å². The third kappa shape index (κ3) is 5.48. The lowest BCUT2D eigenvalue weighted by molar-refractivity contribution is -0.130. The lowest BCUT2D eigenvalue weighted by Crippen LogP contribution is -2.52. The summed E-state index contributed by atoms with van der Waals surface area (Å²) in [6.07, 6.45) is 8.25. The summed E-state index contributed by atoms with van der Waals surface area (Å²) in [6.45, 7) is 1.49. The fourth-order valence-electron chi connectivity index (χ4n) is 4.71. The Hall–Kier alpha value is -2.88. The van der Waals surface area contributed by atoms with Crippen molar-refractivity contribution in [1.29, 1.82) is 5.26 Å². The van der Waals surface area contributed by atoms with Crippen LogP contribution >= 0.6 is 0 Å². The second-order valence-corrected chi connectivity index (χ2v) is 9.04. The van der Waals surface area contributed by atoms with E-state index in [2.05, 4.69) is 11.4 Å². The van der Waals surface area contributed by atoms with Crippen LogP contribution in [0.3, 0.4) is 0 Å². The number of ether oxygens (including phenoxy) is 1. The van der Waals surface area contributed by atoms with E-state index in [0.29, 0.717) is 12.8 Å². The molecule has 0 heterocycles. The number of carbonyl (C=O) groups excluding carboxylic acids is 3. The summed E-state index contributed by atoms with van der Waals surface area (Å²) in [6, 6.07) is 8.96. The maximum absolute atomic E-state index is 13.1. The first-order valence-corrected chi connectivity index (χ1v) is 11.7. The predicted octanol–water partition coefficient (Wildman–Crippen LogP) is 3.98. The molecule has 0 aromatic heterocycles. The molecule has 2 fully saturated rings. The second kappa shape index (κ2) is 10.6. The van der Waals surface area contributed by atoms with E-state index in [1.807, 2.05) is 0 Å². The van der Waals surface area contributed by atoms with Crippen molar-refractivity contribution in [2.45, 2.75) is 88.8 Å². The number of hydrogen-bond acceptors (Lipinski definition) is 5. The van der Waals surface area contributed by atoms with Crippen LogP contribution in [0.1, 0.15) is 91.8 Å². The maximum atomic E-state index is 13.1. The Balaban J connectivity index is 1.68. The maximum Gasteiger partial charge on any atom is 0.339 e. The van der Waals surface area contributed by atoms with E-state index in [-0.39, 0.29) is 23.1 Å². The number of carbonyl (C=O) groups is 3. The average molecular weight is 440 g/mol. The molecule has 2 saturated carbocycles. The minimum Gasteiger partial charge on any atom is -0.449 e. The van der Waals surface area contributed by atoms with Crippen molar-refractivity contribution in [2.75, 3.05) is 7.05 Å². The Morgan fingerprint density at radius 3 is 2.28 bits per heavy atom. The van der Waals surface area contributed by atoms with E-state index in [4.69, 9.17) is 4.74 Å². The van der Waals surface area contributed by atoms with Crippen molar-refractivity contribution in [1.82, 2.24) is 10.2 Å². The van der Waals surface area contributed by atoms with Crippen LogP contribution < -0.4 is 5.32 Å². The van der Waals surface area contributed by atoms with Gasteiger partial charge < -0.3 is 15.0 Å². The zero-order valence-electron chi connectivity index (χ0n) is 19.1. The highest BCUT2D eigenvalue weighted by atomic mass is 16.5. The van der Waals surface area contributed by atoms with Crippen LogP contribution in [-0.4, -0.2) is 47.4 Å². The van der Waals surface area contributed by atoms with Crippen LogP contribution in [0.15, 0.2) is 24.3 Å². The van der Waals surface area contributed by atoms with Crippen molar-refractivity contribution in [2.24, 2.45) is 0 Å². The number of nitrogens with zero attached hydrogens (tertiary/aromatic N) is 2. The lowest BCUT2D eigenvalue weighted by Gasteiger charge is -2.32. The van der Waals surface area contributed by atoms with Gasteiger partial charge in [-0.1, -0.05) is 50.7 Å². The van der Waals surface area contributed by atoms with E-state index in [0.717, 1.165) is 44.9 Å². The van der Waals surface area contributed by atoms with Gasteiger partial charge in [0.15, 0.2) is 6.10 Å². The number of benzene rings is 1. The first-order chi connectivity index (χ1) is 15.4. The molecule has 0 bridgehead atoms.